The molecule has 2 aromatic rings. The molecular weight excluding hydrogens is 316 g/mol. The molecule has 0 amide bonds. The number of esters is 1. The highest BCUT2D eigenvalue weighted by atomic mass is 35.5. The molecule has 4 nitrogen and oxygen atoms in total. The Bertz CT molecular complexity index is 629. The molecule has 0 spiro atoms. The van der Waals surface area contributed by atoms with Crippen LogP contribution >= 0.6 is 34.3 Å². The first-order valence-electron chi connectivity index (χ1n) is 5.99. The minimum Gasteiger partial charge on any atom is -0.465 e. The molecule has 0 atom stereocenters. The first kappa shape index (κ1) is 15.4. The molecule has 0 aliphatic carbocycles. The molecule has 0 aliphatic heterocycles. The number of halogens is 1. The molecule has 0 bridgehead atoms. The van der Waals surface area contributed by atoms with E-state index in [-0.39, 0.29) is 10.6 Å². The van der Waals surface area contributed by atoms with E-state index in [0.717, 1.165) is 15.7 Å². The number of methoxy groups -OCH3 is 1. The largest absolute Gasteiger partial charge is 0.465 e. The predicted octanol–water partition coefficient (Wildman–Crippen LogP) is 3.93. The zero-order valence-corrected chi connectivity index (χ0v) is 14.1. The van der Waals surface area contributed by atoms with Gasteiger partial charge in [-0.2, -0.15) is 0 Å². The fourth-order valence-electron chi connectivity index (χ4n) is 1.50. The van der Waals surface area contributed by atoms with Gasteiger partial charge in [0.05, 0.1) is 24.2 Å². The molecule has 0 aromatic carbocycles. The van der Waals surface area contributed by atoms with E-state index in [1.807, 2.05) is 0 Å². The molecule has 0 unspecified atom stereocenters. The second kappa shape index (κ2) is 5.79. The molecule has 0 aliphatic rings. The van der Waals surface area contributed by atoms with Gasteiger partial charge >= 0.3 is 5.97 Å². The topological polar surface area (TPSA) is 52.1 Å². The maximum absolute atomic E-state index is 11.5. The summed E-state index contributed by atoms with van der Waals surface area (Å²) in [7, 11) is 1.33. The molecule has 2 aromatic heterocycles. The third kappa shape index (κ3) is 3.37. The third-order valence-corrected chi connectivity index (χ3v) is 4.89. The van der Waals surface area contributed by atoms with Gasteiger partial charge in [0.2, 0.25) is 0 Å². The van der Waals surface area contributed by atoms with Crippen LogP contribution in [0.5, 0.6) is 0 Å². The van der Waals surface area contributed by atoms with Gasteiger partial charge in [0, 0.05) is 10.8 Å². The summed E-state index contributed by atoms with van der Waals surface area (Å²) in [6.07, 6.45) is 0.585. The summed E-state index contributed by atoms with van der Waals surface area (Å²) < 4.78 is 4.66. The van der Waals surface area contributed by atoms with Crippen LogP contribution in [0.3, 0.4) is 0 Å². The highest BCUT2D eigenvalue weighted by molar-refractivity contribution is 7.14. The van der Waals surface area contributed by atoms with Crippen molar-refractivity contribution in [3.8, 4) is 0 Å². The van der Waals surface area contributed by atoms with Gasteiger partial charge in [-0.25, -0.2) is 14.8 Å². The Morgan fingerprint density at radius 3 is 2.60 bits per heavy atom. The lowest BCUT2D eigenvalue weighted by Crippen LogP contribution is -2.11. The minimum atomic E-state index is -0.451. The molecule has 2 rings (SSSR count). The lowest BCUT2D eigenvalue weighted by molar-refractivity contribution is 0.0606. The van der Waals surface area contributed by atoms with E-state index in [0.29, 0.717) is 11.3 Å². The van der Waals surface area contributed by atoms with Crippen LogP contribution in [0.2, 0.25) is 5.15 Å². The van der Waals surface area contributed by atoms with Gasteiger partial charge in [-0.3, -0.25) is 0 Å². The number of hydrogen-bond acceptors (Lipinski definition) is 6. The number of thiazole rings is 2. The number of carbonyl (C=O) groups excluding carboxylic acids is 1. The van der Waals surface area contributed by atoms with Crippen molar-refractivity contribution in [2.75, 3.05) is 7.11 Å². The average molecular weight is 331 g/mol. The van der Waals surface area contributed by atoms with Crippen molar-refractivity contribution in [3.63, 3.8) is 0 Å². The van der Waals surface area contributed by atoms with Gasteiger partial charge in [-0.1, -0.05) is 32.4 Å². The van der Waals surface area contributed by atoms with Crippen LogP contribution in [0.1, 0.15) is 46.2 Å². The summed E-state index contributed by atoms with van der Waals surface area (Å²) in [6.45, 7) is 6.38. The van der Waals surface area contributed by atoms with Crippen molar-refractivity contribution in [1.29, 1.82) is 0 Å². The van der Waals surface area contributed by atoms with Crippen LogP contribution in [0.4, 0.5) is 0 Å². The summed E-state index contributed by atoms with van der Waals surface area (Å²) >= 11 is 8.79. The Kier molecular flexibility index (Phi) is 4.46. The van der Waals surface area contributed by atoms with E-state index in [2.05, 4.69) is 40.9 Å². The maximum Gasteiger partial charge on any atom is 0.351 e. The second-order valence-electron chi connectivity index (χ2n) is 5.27. The molecule has 0 saturated carbocycles. The van der Waals surface area contributed by atoms with Crippen molar-refractivity contribution >= 4 is 40.2 Å². The van der Waals surface area contributed by atoms with Crippen LogP contribution in [0.25, 0.3) is 0 Å². The summed E-state index contributed by atoms with van der Waals surface area (Å²) in [5.74, 6) is -0.451. The number of aromatic nitrogens is 2. The number of rotatable bonds is 3. The van der Waals surface area contributed by atoms with Crippen LogP contribution in [-0.2, 0) is 16.6 Å². The standard InChI is InChI=1S/C13H15ClN2O2S2/c1-13(2,3)7-6-19-8(15-7)5-9-16-11(14)10(20-9)12(17)18-4/h6H,5H2,1-4H3. The van der Waals surface area contributed by atoms with Crippen LogP contribution in [0.15, 0.2) is 5.38 Å². The minimum absolute atomic E-state index is 0.0342. The summed E-state index contributed by atoms with van der Waals surface area (Å²) in [5.41, 5.74) is 1.10. The van der Waals surface area contributed by atoms with Gasteiger partial charge in [0.1, 0.15) is 5.01 Å². The molecule has 0 radical (unpaired) electrons. The van der Waals surface area contributed by atoms with E-state index in [1.54, 1.807) is 11.3 Å². The monoisotopic (exact) mass is 330 g/mol. The molecule has 20 heavy (non-hydrogen) atoms. The first-order valence-corrected chi connectivity index (χ1v) is 8.07. The van der Waals surface area contributed by atoms with Gasteiger partial charge in [0.15, 0.2) is 10.0 Å². The molecule has 0 fully saturated rings. The van der Waals surface area contributed by atoms with E-state index in [9.17, 15) is 4.79 Å². The Morgan fingerprint density at radius 2 is 2.05 bits per heavy atom. The number of ether oxygens (including phenoxy) is 1. The zero-order valence-electron chi connectivity index (χ0n) is 11.7. The van der Waals surface area contributed by atoms with Crippen molar-refractivity contribution < 1.29 is 9.53 Å². The quantitative estimate of drug-likeness (QED) is 0.800. The molecule has 0 saturated heterocycles. The third-order valence-electron chi connectivity index (χ3n) is 2.62. The highest BCUT2D eigenvalue weighted by Crippen LogP contribution is 2.28. The SMILES string of the molecule is COC(=O)c1sc(Cc2nc(C(C)(C)C)cs2)nc1Cl. The Hall–Kier alpha value is -0.980. The first-order chi connectivity index (χ1) is 9.31. The van der Waals surface area contributed by atoms with Gasteiger partial charge < -0.3 is 4.74 Å². The van der Waals surface area contributed by atoms with Crippen LogP contribution in [-0.4, -0.2) is 23.0 Å². The number of nitrogens with zero attached hydrogens (tertiary/aromatic N) is 2. The lowest BCUT2D eigenvalue weighted by atomic mass is 9.93. The second-order valence-corrected chi connectivity index (χ2v) is 7.66. The van der Waals surface area contributed by atoms with E-state index in [1.165, 1.54) is 18.4 Å². The lowest BCUT2D eigenvalue weighted by Gasteiger charge is -2.14. The van der Waals surface area contributed by atoms with Crippen LogP contribution < -0.4 is 0 Å². The number of hydrogen-bond donors (Lipinski definition) is 0. The van der Waals surface area contributed by atoms with Crippen molar-refractivity contribution in [2.45, 2.75) is 32.6 Å². The van der Waals surface area contributed by atoms with Crippen molar-refractivity contribution in [2.24, 2.45) is 0 Å². The average Bonchev–Trinajstić information content (AvgIpc) is 2.95. The van der Waals surface area contributed by atoms with E-state index in [4.69, 9.17) is 11.6 Å². The smallest absolute Gasteiger partial charge is 0.351 e. The van der Waals surface area contributed by atoms with E-state index >= 15 is 0 Å². The molecule has 7 heteroatoms. The van der Waals surface area contributed by atoms with Gasteiger partial charge in [-0.15, -0.1) is 22.7 Å². The Labute approximate surface area is 130 Å². The predicted molar refractivity (Wildman–Crippen MR) is 82.1 cm³/mol. The molecule has 0 N–H and O–H groups in total. The molecular formula is C13H15ClN2O2S2. The normalized spacial score (nSPS) is 11.7. The summed E-state index contributed by atoms with van der Waals surface area (Å²) in [5, 5.41) is 4.00. The van der Waals surface area contributed by atoms with Gasteiger partial charge in [-0.05, 0) is 0 Å². The van der Waals surface area contributed by atoms with Crippen LogP contribution in [0, 0.1) is 0 Å². The molecule has 2 heterocycles. The summed E-state index contributed by atoms with van der Waals surface area (Å²) in [4.78, 5) is 20.6. The van der Waals surface area contributed by atoms with Crippen molar-refractivity contribution in [3.05, 3.63) is 31.1 Å². The van der Waals surface area contributed by atoms with E-state index < -0.39 is 5.97 Å². The fraction of sp³-hybridized carbons (Fsp3) is 0.462. The van der Waals surface area contributed by atoms with Crippen molar-refractivity contribution in [1.82, 2.24) is 9.97 Å². The zero-order chi connectivity index (χ0) is 14.9. The fourth-order valence-corrected chi connectivity index (χ4v) is 3.84. The Balaban J connectivity index is 2.18. The maximum atomic E-state index is 11.5. The summed E-state index contributed by atoms with van der Waals surface area (Å²) in [6, 6.07) is 0. The number of carbonyl (C=O) groups is 1. The Morgan fingerprint density at radius 1 is 1.35 bits per heavy atom. The molecule has 108 valence electrons. The van der Waals surface area contributed by atoms with Gasteiger partial charge in [0.25, 0.3) is 0 Å². The highest BCUT2D eigenvalue weighted by Gasteiger charge is 2.20.